The zero-order valence-corrected chi connectivity index (χ0v) is 14.1. The van der Waals surface area contributed by atoms with Gasteiger partial charge in [-0.15, -0.1) is 0 Å². The highest BCUT2D eigenvalue weighted by molar-refractivity contribution is 5.71. The van der Waals surface area contributed by atoms with E-state index in [9.17, 15) is 4.79 Å². The van der Waals surface area contributed by atoms with Crippen molar-refractivity contribution < 1.29 is 9.53 Å². The Morgan fingerprint density at radius 1 is 0.731 bits per heavy atom. The summed E-state index contributed by atoms with van der Waals surface area (Å²) in [5.41, 5.74) is 3.82. The van der Waals surface area contributed by atoms with Crippen LogP contribution in [-0.4, -0.2) is 6.09 Å². The molecule has 1 fully saturated rings. The average Bonchev–Trinajstić information content (AvgIpc) is 3.10. The van der Waals surface area contributed by atoms with Crippen molar-refractivity contribution in [2.24, 2.45) is 0 Å². The van der Waals surface area contributed by atoms with E-state index in [1.807, 2.05) is 84.9 Å². The standard InChI is InChI=1S/C23H17NO2/c25-23-24-21(22(26-23)19-11-5-2-6-12-19)20-13-7-10-18(16-20)15-14-17-8-3-1-4-9-17/h1-13,16,21-22H,(H,24,25)/t21-,22-/m1/s1. The maximum atomic E-state index is 11.8. The van der Waals surface area contributed by atoms with Gasteiger partial charge in [0.2, 0.25) is 0 Å². The van der Waals surface area contributed by atoms with Crippen molar-refractivity contribution in [3.8, 4) is 11.8 Å². The molecule has 1 saturated heterocycles. The summed E-state index contributed by atoms with van der Waals surface area (Å²) >= 11 is 0. The van der Waals surface area contributed by atoms with Crippen molar-refractivity contribution in [2.75, 3.05) is 0 Å². The van der Waals surface area contributed by atoms with Crippen LogP contribution >= 0.6 is 0 Å². The van der Waals surface area contributed by atoms with Crippen LogP contribution in [0.3, 0.4) is 0 Å². The van der Waals surface area contributed by atoms with E-state index in [1.54, 1.807) is 0 Å². The van der Waals surface area contributed by atoms with E-state index < -0.39 is 6.09 Å². The molecule has 0 saturated carbocycles. The Balaban J connectivity index is 1.63. The molecule has 1 aliphatic rings. The van der Waals surface area contributed by atoms with E-state index in [0.717, 1.165) is 22.3 Å². The Bertz CT molecular complexity index is 971. The fraction of sp³-hybridized carbons (Fsp3) is 0.0870. The molecule has 0 bridgehead atoms. The first-order valence-electron chi connectivity index (χ1n) is 8.49. The summed E-state index contributed by atoms with van der Waals surface area (Å²) in [6.45, 7) is 0. The molecule has 3 aromatic carbocycles. The summed E-state index contributed by atoms with van der Waals surface area (Å²) in [5, 5.41) is 2.91. The predicted molar refractivity (Wildman–Crippen MR) is 100 cm³/mol. The van der Waals surface area contributed by atoms with Crippen molar-refractivity contribution in [3.63, 3.8) is 0 Å². The maximum Gasteiger partial charge on any atom is 0.408 e. The molecule has 3 aromatic rings. The number of benzene rings is 3. The molecular formula is C23H17NO2. The molecule has 0 aromatic heterocycles. The largest absolute Gasteiger partial charge is 0.439 e. The zero-order valence-electron chi connectivity index (χ0n) is 14.1. The van der Waals surface area contributed by atoms with Crippen molar-refractivity contribution in [1.29, 1.82) is 0 Å². The molecule has 1 amide bonds. The van der Waals surface area contributed by atoms with E-state index in [1.165, 1.54) is 0 Å². The molecule has 26 heavy (non-hydrogen) atoms. The number of cyclic esters (lactones) is 1. The molecule has 0 radical (unpaired) electrons. The SMILES string of the molecule is O=C1N[C@H](c2cccc(C#Cc3ccccc3)c2)[C@@H](c2ccccc2)O1. The van der Waals surface area contributed by atoms with Crippen molar-refractivity contribution in [3.05, 3.63) is 107 Å². The Hall–Kier alpha value is -3.51. The molecule has 0 aliphatic carbocycles. The Kier molecular flexibility index (Phi) is 4.40. The van der Waals surface area contributed by atoms with Gasteiger partial charge in [-0.3, -0.25) is 0 Å². The lowest BCUT2D eigenvalue weighted by molar-refractivity contribution is 0.132. The highest BCUT2D eigenvalue weighted by Crippen LogP contribution is 2.36. The number of alkyl carbamates (subject to hydrolysis) is 1. The molecule has 0 spiro atoms. The van der Waals surface area contributed by atoms with Crippen LogP contribution in [0.15, 0.2) is 84.9 Å². The normalized spacial score (nSPS) is 18.4. The van der Waals surface area contributed by atoms with Gasteiger partial charge in [0.15, 0.2) is 6.10 Å². The quantitative estimate of drug-likeness (QED) is 0.693. The van der Waals surface area contributed by atoms with E-state index in [2.05, 4.69) is 17.2 Å². The monoisotopic (exact) mass is 339 g/mol. The summed E-state index contributed by atoms with van der Waals surface area (Å²) in [7, 11) is 0. The topological polar surface area (TPSA) is 38.3 Å². The molecule has 3 heteroatoms. The van der Waals surface area contributed by atoms with E-state index >= 15 is 0 Å². The Morgan fingerprint density at radius 2 is 1.35 bits per heavy atom. The van der Waals surface area contributed by atoms with Crippen LogP contribution in [-0.2, 0) is 4.74 Å². The summed E-state index contributed by atoms with van der Waals surface area (Å²) in [5.74, 6) is 6.35. The van der Waals surface area contributed by atoms with Crippen molar-refractivity contribution in [1.82, 2.24) is 5.32 Å². The minimum Gasteiger partial charge on any atom is -0.439 e. The lowest BCUT2D eigenvalue weighted by atomic mass is 9.95. The van der Waals surface area contributed by atoms with Gasteiger partial charge in [-0.2, -0.15) is 0 Å². The highest BCUT2D eigenvalue weighted by Gasteiger charge is 2.36. The third kappa shape index (κ3) is 3.45. The first-order valence-corrected chi connectivity index (χ1v) is 8.49. The second-order valence-electron chi connectivity index (χ2n) is 6.10. The Labute approximate surface area is 152 Å². The third-order valence-corrected chi connectivity index (χ3v) is 4.31. The Morgan fingerprint density at radius 3 is 2.12 bits per heavy atom. The van der Waals surface area contributed by atoms with Gasteiger partial charge in [-0.25, -0.2) is 4.79 Å². The lowest BCUT2D eigenvalue weighted by Crippen LogP contribution is -2.19. The summed E-state index contributed by atoms with van der Waals surface area (Å²) in [4.78, 5) is 11.8. The maximum absolute atomic E-state index is 11.8. The van der Waals surface area contributed by atoms with Crippen LogP contribution in [0.2, 0.25) is 0 Å². The fourth-order valence-electron chi connectivity index (χ4n) is 3.06. The van der Waals surface area contributed by atoms with Gasteiger partial charge in [0, 0.05) is 11.1 Å². The smallest absolute Gasteiger partial charge is 0.408 e. The van der Waals surface area contributed by atoms with E-state index in [0.29, 0.717) is 0 Å². The number of amides is 1. The van der Waals surface area contributed by atoms with Gasteiger partial charge in [0.25, 0.3) is 0 Å². The molecule has 4 rings (SSSR count). The lowest BCUT2D eigenvalue weighted by Gasteiger charge is -2.17. The molecule has 3 nitrogen and oxygen atoms in total. The van der Waals surface area contributed by atoms with E-state index in [-0.39, 0.29) is 12.1 Å². The predicted octanol–water partition coefficient (Wildman–Crippen LogP) is 4.61. The van der Waals surface area contributed by atoms with E-state index in [4.69, 9.17) is 4.74 Å². The van der Waals surface area contributed by atoms with Crippen LogP contribution < -0.4 is 5.32 Å². The number of rotatable bonds is 2. The number of carbonyl (C=O) groups is 1. The van der Waals surface area contributed by atoms with Gasteiger partial charge in [0.05, 0.1) is 6.04 Å². The summed E-state index contributed by atoms with van der Waals surface area (Å²) < 4.78 is 5.50. The zero-order chi connectivity index (χ0) is 17.8. The number of carbonyl (C=O) groups excluding carboxylic acids is 1. The first kappa shape index (κ1) is 16.0. The van der Waals surface area contributed by atoms with Gasteiger partial charge in [-0.1, -0.05) is 72.5 Å². The molecule has 126 valence electrons. The molecule has 0 unspecified atom stereocenters. The highest BCUT2D eigenvalue weighted by atomic mass is 16.6. The van der Waals surface area contributed by atoms with Crippen molar-refractivity contribution >= 4 is 6.09 Å². The van der Waals surface area contributed by atoms with Crippen LogP contribution in [0.4, 0.5) is 4.79 Å². The molecule has 1 heterocycles. The number of hydrogen-bond acceptors (Lipinski definition) is 2. The minimum absolute atomic E-state index is 0.233. The average molecular weight is 339 g/mol. The second-order valence-corrected chi connectivity index (χ2v) is 6.10. The number of nitrogens with one attached hydrogen (secondary N) is 1. The molecule has 2 atom stereocenters. The van der Waals surface area contributed by atoms with Crippen LogP contribution in [0.5, 0.6) is 0 Å². The number of hydrogen-bond donors (Lipinski definition) is 1. The van der Waals surface area contributed by atoms with Gasteiger partial charge < -0.3 is 10.1 Å². The molecule has 1 aliphatic heterocycles. The molecular weight excluding hydrogens is 322 g/mol. The number of ether oxygens (including phenoxy) is 1. The van der Waals surface area contributed by atoms with Gasteiger partial charge in [0.1, 0.15) is 0 Å². The second kappa shape index (κ2) is 7.16. The van der Waals surface area contributed by atoms with Gasteiger partial charge in [-0.05, 0) is 35.4 Å². The summed E-state index contributed by atoms with van der Waals surface area (Å²) in [6, 6.07) is 27.3. The first-order chi connectivity index (χ1) is 12.8. The van der Waals surface area contributed by atoms with Gasteiger partial charge >= 0.3 is 6.09 Å². The third-order valence-electron chi connectivity index (χ3n) is 4.31. The van der Waals surface area contributed by atoms with Crippen LogP contribution in [0, 0.1) is 11.8 Å². The molecule has 1 N–H and O–H groups in total. The van der Waals surface area contributed by atoms with Crippen LogP contribution in [0.1, 0.15) is 34.4 Å². The summed E-state index contributed by atoms with van der Waals surface area (Å²) in [6.07, 6.45) is -0.745. The van der Waals surface area contributed by atoms with Crippen LogP contribution in [0.25, 0.3) is 0 Å². The fourth-order valence-corrected chi connectivity index (χ4v) is 3.06. The minimum atomic E-state index is -0.398. The van der Waals surface area contributed by atoms with Crippen molar-refractivity contribution in [2.45, 2.75) is 12.1 Å².